The van der Waals surface area contributed by atoms with Crippen molar-refractivity contribution in [2.75, 3.05) is 20.2 Å². The highest BCUT2D eigenvalue weighted by Crippen LogP contribution is 2.19. The Labute approximate surface area is 119 Å². The van der Waals surface area contributed by atoms with Gasteiger partial charge in [-0.2, -0.15) is 0 Å². The third-order valence-electron chi connectivity index (χ3n) is 2.49. The van der Waals surface area contributed by atoms with Crippen molar-refractivity contribution < 1.29 is 18.7 Å². The molecule has 0 bridgehead atoms. The Morgan fingerprint density at radius 1 is 1.42 bits per heavy atom. The lowest BCUT2D eigenvalue weighted by Gasteiger charge is -2.17. The molecule has 1 aromatic rings. The predicted molar refractivity (Wildman–Crippen MR) is 72.3 cm³/mol. The van der Waals surface area contributed by atoms with Crippen LogP contribution in [0.15, 0.2) is 22.7 Å². The summed E-state index contributed by atoms with van der Waals surface area (Å²) in [5, 5.41) is 0. The summed E-state index contributed by atoms with van der Waals surface area (Å²) < 4.78 is 18.7. The summed E-state index contributed by atoms with van der Waals surface area (Å²) in [6.07, 6.45) is 0.0890. The molecule has 0 unspecified atom stereocenters. The van der Waals surface area contributed by atoms with Crippen molar-refractivity contribution in [3.63, 3.8) is 0 Å². The van der Waals surface area contributed by atoms with Crippen molar-refractivity contribution >= 4 is 27.8 Å². The van der Waals surface area contributed by atoms with Gasteiger partial charge in [0.2, 0.25) is 0 Å². The van der Waals surface area contributed by atoms with E-state index in [1.165, 1.54) is 24.1 Å². The van der Waals surface area contributed by atoms with Gasteiger partial charge in [0.1, 0.15) is 5.82 Å². The van der Waals surface area contributed by atoms with E-state index >= 15 is 0 Å². The van der Waals surface area contributed by atoms with Crippen LogP contribution in [-0.2, 0) is 9.53 Å². The summed E-state index contributed by atoms with van der Waals surface area (Å²) in [5.41, 5.74) is -0.0271. The summed E-state index contributed by atoms with van der Waals surface area (Å²) in [7, 11) is 1.52. The summed E-state index contributed by atoms with van der Waals surface area (Å²) in [4.78, 5) is 24.5. The molecule has 0 aliphatic carbocycles. The first kappa shape index (κ1) is 15.6. The lowest BCUT2D eigenvalue weighted by Crippen LogP contribution is -2.30. The fourth-order valence-electron chi connectivity index (χ4n) is 1.47. The number of halogens is 2. The van der Waals surface area contributed by atoms with Gasteiger partial charge >= 0.3 is 5.97 Å². The van der Waals surface area contributed by atoms with Crippen LogP contribution < -0.4 is 0 Å². The fraction of sp³-hybridized carbons (Fsp3) is 0.385. The molecule has 0 N–H and O–H groups in total. The number of carbonyl (C=O) groups excluding carboxylic acids is 2. The van der Waals surface area contributed by atoms with E-state index in [1.807, 2.05) is 0 Å². The van der Waals surface area contributed by atoms with Crippen molar-refractivity contribution in [2.24, 2.45) is 0 Å². The SMILES string of the molecule is CCOC(=O)CCN(C)C(=O)c1cccc(Br)c1F. The van der Waals surface area contributed by atoms with Crippen LogP contribution in [0.2, 0.25) is 0 Å². The van der Waals surface area contributed by atoms with Crippen molar-refractivity contribution in [3.8, 4) is 0 Å². The Hall–Kier alpha value is -1.43. The van der Waals surface area contributed by atoms with Gasteiger partial charge in [-0.1, -0.05) is 6.07 Å². The van der Waals surface area contributed by atoms with Crippen LogP contribution in [0, 0.1) is 5.82 Å². The molecule has 0 spiro atoms. The fourth-order valence-corrected chi connectivity index (χ4v) is 1.83. The zero-order valence-electron chi connectivity index (χ0n) is 10.8. The zero-order valence-corrected chi connectivity index (χ0v) is 12.4. The first-order valence-corrected chi connectivity index (χ1v) is 6.61. The first-order chi connectivity index (χ1) is 8.97. The highest BCUT2D eigenvalue weighted by atomic mass is 79.9. The molecule has 0 heterocycles. The molecule has 0 aliphatic heterocycles. The second-order valence-corrected chi connectivity index (χ2v) is 4.74. The summed E-state index contributed by atoms with van der Waals surface area (Å²) in [6.45, 7) is 2.20. The van der Waals surface area contributed by atoms with E-state index in [9.17, 15) is 14.0 Å². The lowest BCUT2D eigenvalue weighted by atomic mass is 10.2. The third-order valence-corrected chi connectivity index (χ3v) is 3.10. The third kappa shape index (κ3) is 4.31. The maximum Gasteiger partial charge on any atom is 0.307 e. The molecule has 0 saturated heterocycles. The normalized spacial score (nSPS) is 10.1. The molecule has 0 aliphatic rings. The van der Waals surface area contributed by atoms with Gasteiger partial charge in [-0.15, -0.1) is 0 Å². The Morgan fingerprint density at radius 3 is 2.74 bits per heavy atom. The van der Waals surface area contributed by atoms with Gasteiger partial charge in [-0.05, 0) is 35.0 Å². The number of esters is 1. The largest absolute Gasteiger partial charge is 0.466 e. The summed E-state index contributed by atoms with van der Waals surface area (Å²) in [6, 6.07) is 4.51. The van der Waals surface area contributed by atoms with Crippen LogP contribution >= 0.6 is 15.9 Å². The molecule has 0 atom stereocenters. The van der Waals surface area contributed by atoms with E-state index < -0.39 is 11.7 Å². The second-order valence-electron chi connectivity index (χ2n) is 3.88. The second kappa shape index (κ2) is 7.23. The quantitative estimate of drug-likeness (QED) is 0.779. The highest BCUT2D eigenvalue weighted by molar-refractivity contribution is 9.10. The number of hydrogen-bond acceptors (Lipinski definition) is 3. The van der Waals surface area contributed by atoms with Gasteiger partial charge in [-0.25, -0.2) is 4.39 Å². The molecule has 1 aromatic carbocycles. The zero-order chi connectivity index (χ0) is 14.4. The van der Waals surface area contributed by atoms with E-state index in [0.717, 1.165) is 0 Å². The molecular weight excluding hydrogens is 317 g/mol. The minimum atomic E-state index is -0.601. The molecule has 0 fully saturated rings. The molecule has 0 aromatic heterocycles. The monoisotopic (exact) mass is 331 g/mol. The molecule has 104 valence electrons. The van der Waals surface area contributed by atoms with E-state index in [2.05, 4.69) is 15.9 Å². The number of ether oxygens (including phenoxy) is 1. The average Bonchev–Trinajstić information content (AvgIpc) is 2.38. The molecule has 6 heteroatoms. The lowest BCUT2D eigenvalue weighted by molar-refractivity contribution is -0.143. The van der Waals surface area contributed by atoms with Crippen LogP contribution in [0.25, 0.3) is 0 Å². The van der Waals surface area contributed by atoms with E-state index in [-0.39, 0.29) is 29.0 Å². The van der Waals surface area contributed by atoms with Gasteiger partial charge in [0.05, 0.1) is 23.1 Å². The minimum Gasteiger partial charge on any atom is -0.466 e. The summed E-state index contributed by atoms with van der Waals surface area (Å²) in [5.74, 6) is -1.45. The Morgan fingerprint density at radius 2 is 2.11 bits per heavy atom. The number of amides is 1. The molecule has 4 nitrogen and oxygen atoms in total. The van der Waals surface area contributed by atoms with Gasteiger partial charge in [0, 0.05) is 13.6 Å². The number of benzene rings is 1. The van der Waals surface area contributed by atoms with Crippen molar-refractivity contribution in [2.45, 2.75) is 13.3 Å². The smallest absolute Gasteiger partial charge is 0.307 e. The average molecular weight is 332 g/mol. The maximum atomic E-state index is 13.7. The Bertz CT molecular complexity index is 479. The number of nitrogens with zero attached hydrogens (tertiary/aromatic N) is 1. The van der Waals surface area contributed by atoms with Gasteiger partial charge < -0.3 is 9.64 Å². The Kier molecular flexibility index (Phi) is 5.95. The Balaban J connectivity index is 2.67. The van der Waals surface area contributed by atoms with E-state index in [1.54, 1.807) is 13.0 Å². The van der Waals surface area contributed by atoms with Crippen LogP contribution in [-0.4, -0.2) is 37.0 Å². The molecule has 19 heavy (non-hydrogen) atoms. The molecule has 1 rings (SSSR count). The van der Waals surface area contributed by atoms with Crippen LogP contribution in [0.3, 0.4) is 0 Å². The van der Waals surface area contributed by atoms with E-state index in [4.69, 9.17) is 4.74 Å². The van der Waals surface area contributed by atoms with Crippen molar-refractivity contribution in [1.29, 1.82) is 0 Å². The first-order valence-electron chi connectivity index (χ1n) is 5.82. The minimum absolute atomic E-state index is 0.0271. The topological polar surface area (TPSA) is 46.6 Å². The van der Waals surface area contributed by atoms with Crippen LogP contribution in [0.4, 0.5) is 4.39 Å². The predicted octanol–water partition coefficient (Wildman–Crippen LogP) is 2.61. The standard InChI is InChI=1S/C13H15BrFNO3/c1-3-19-11(17)7-8-16(2)13(18)9-5-4-6-10(14)12(9)15/h4-6H,3,7-8H2,1-2H3. The van der Waals surface area contributed by atoms with Crippen molar-refractivity contribution in [1.82, 2.24) is 4.90 Å². The number of hydrogen-bond donors (Lipinski definition) is 0. The molecule has 0 saturated carbocycles. The highest BCUT2D eigenvalue weighted by Gasteiger charge is 2.18. The number of carbonyl (C=O) groups is 2. The van der Waals surface area contributed by atoms with Gasteiger partial charge in [-0.3, -0.25) is 9.59 Å². The number of rotatable bonds is 5. The van der Waals surface area contributed by atoms with Crippen LogP contribution in [0.1, 0.15) is 23.7 Å². The molecule has 0 radical (unpaired) electrons. The van der Waals surface area contributed by atoms with Crippen LogP contribution in [0.5, 0.6) is 0 Å². The van der Waals surface area contributed by atoms with E-state index in [0.29, 0.717) is 6.61 Å². The maximum absolute atomic E-state index is 13.7. The van der Waals surface area contributed by atoms with Gasteiger partial charge in [0.25, 0.3) is 5.91 Å². The molecule has 1 amide bonds. The van der Waals surface area contributed by atoms with Gasteiger partial charge in [0.15, 0.2) is 0 Å². The summed E-state index contributed by atoms with van der Waals surface area (Å²) >= 11 is 3.03. The molecular formula is C13H15BrFNO3. The van der Waals surface area contributed by atoms with Crippen molar-refractivity contribution in [3.05, 3.63) is 34.1 Å².